The molecule has 0 aromatic heterocycles. The SMILES string of the molecule is CCCNC(C)(CO)CC(C)Sc1ccccc1Br. The maximum absolute atomic E-state index is 9.60. The van der Waals surface area contributed by atoms with Crippen molar-refractivity contribution in [3.05, 3.63) is 28.7 Å². The lowest BCUT2D eigenvalue weighted by atomic mass is 9.97. The van der Waals surface area contributed by atoms with Crippen LogP contribution in [0.15, 0.2) is 33.6 Å². The number of rotatable bonds is 8. The fraction of sp³-hybridized carbons (Fsp3) is 0.600. The van der Waals surface area contributed by atoms with Crippen molar-refractivity contribution >= 4 is 27.7 Å². The fourth-order valence-electron chi connectivity index (χ4n) is 2.05. The van der Waals surface area contributed by atoms with Gasteiger partial charge in [-0.25, -0.2) is 0 Å². The molecule has 0 spiro atoms. The van der Waals surface area contributed by atoms with Crippen LogP contribution in [-0.2, 0) is 0 Å². The molecule has 1 aromatic rings. The molecule has 0 aliphatic rings. The van der Waals surface area contributed by atoms with Crippen LogP contribution in [-0.4, -0.2) is 29.0 Å². The number of aliphatic hydroxyl groups excluding tert-OH is 1. The average molecular weight is 346 g/mol. The lowest BCUT2D eigenvalue weighted by Gasteiger charge is -2.31. The topological polar surface area (TPSA) is 32.3 Å². The monoisotopic (exact) mass is 345 g/mol. The summed E-state index contributed by atoms with van der Waals surface area (Å²) in [5, 5.41) is 13.5. The normalized spacial score (nSPS) is 16.1. The van der Waals surface area contributed by atoms with Crippen LogP contribution < -0.4 is 5.32 Å². The van der Waals surface area contributed by atoms with Gasteiger partial charge >= 0.3 is 0 Å². The van der Waals surface area contributed by atoms with E-state index >= 15 is 0 Å². The molecule has 0 fully saturated rings. The largest absolute Gasteiger partial charge is 0.394 e. The van der Waals surface area contributed by atoms with Crippen molar-refractivity contribution in [2.45, 2.75) is 49.3 Å². The molecule has 2 nitrogen and oxygen atoms in total. The second-order valence-corrected chi connectivity index (χ2v) is 7.54. The predicted octanol–water partition coefficient (Wildman–Crippen LogP) is 4.07. The van der Waals surface area contributed by atoms with Crippen molar-refractivity contribution in [3.63, 3.8) is 0 Å². The number of hydrogen-bond donors (Lipinski definition) is 2. The van der Waals surface area contributed by atoms with Gasteiger partial charge in [0.15, 0.2) is 0 Å². The molecule has 2 unspecified atom stereocenters. The van der Waals surface area contributed by atoms with E-state index in [1.54, 1.807) is 0 Å². The van der Waals surface area contributed by atoms with Crippen LogP contribution in [0.5, 0.6) is 0 Å². The zero-order chi connectivity index (χ0) is 14.3. The number of halogens is 1. The highest BCUT2D eigenvalue weighted by atomic mass is 79.9. The second kappa shape index (κ2) is 8.30. The van der Waals surface area contributed by atoms with Gasteiger partial charge in [-0.2, -0.15) is 0 Å². The Morgan fingerprint density at radius 1 is 1.42 bits per heavy atom. The van der Waals surface area contributed by atoms with Crippen LogP contribution in [0, 0.1) is 0 Å². The zero-order valence-electron chi connectivity index (χ0n) is 11.9. The van der Waals surface area contributed by atoms with Crippen molar-refractivity contribution in [1.82, 2.24) is 5.32 Å². The summed E-state index contributed by atoms with van der Waals surface area (Å²) in [4.78, 5) is 1.26. The van der Waals surface area contributed by atoms with Gasteiger partial charge in [-0.05, 0) is 54.4 Å². The highest BCUT2D eigenvalue weighted by molar-refractivity contribution is 9.10. The Bertz CT molecular complexity index is 388. The third-order valence-corrected chi connectivity index (χ3v) is 5.19. The van der Waals surface area contributed by atoms with Gasteiger partial charge in [0.25, 0.3) is 0 Å². The molecular weight excluding hydrogens is 322 g/mol. The highest BCUT2D eigenvalue weighted by Crippen LogP contribution is 2.33. The number of aliphatic hydroxyl groups is 1. The summed E-state index contributed by atoms with van der Waals surface area (Å²) in [5.41, 5.74) is -0.191. The lowest BCUT2D eigenvalue weighted by Crippen LogP contribution is -2.47. The van der Waals surface area contributed by atoms with E-state index in [9.17, 15) is 5.11 Å². The molecule has 0 heterocycles. The Labute approximate surface area is 129 Å². The van der Waals surface area contributed by atoms with Gasteiger partial charge in [0.1, 0.15) is 0 Å². The molecule has 0 amide bonds. The fourth-order valence-corrected chi connectivity index (χ4v) is 3.84. The molecule has 0 aliphatic carbocycles. The minimum atomic E-state index is -0.191. The van der Waals surface area contributed by atoms with Gasteiger partial charge in [0.05, 0.1) is 6.61 Å². The molecule has 0 saturated heterocycles. The molecule has 2 N–H and O–H groups in total. The number of nitrogens with one attached hydrogen (secondary N) is 1. The number of hydrogen-bond acceptors (Lipinski definition) is 3. The van der Waals surface area contributed by atoms with Gasteiger partial charge in [0, 0.05) is 20.2 Å². The summed E-state index contributed by atoms with van der Waals surface area (Å²) in [6, 6.07) is 8.27. The first-order valence-corrected chi connectivity index (χ1v) is 8.45. The Kier molecular flexibility index (Phi) is 7.44. The highest BCUT2D eigenvalue weighted by Gasteiger charge is 2.25. The van der Waals surface area contributed by atoms with E-state index in [4.69, 9.17) is 0 Å². The molecule has 0 bridgehead atoms. The van der Waals surface area contributed by atoms with E-state index in [0.717, 1.165) is 23.9 Å². The Balaban J connectivity index is 2.58. The summed E-state index contributed by atoms with van der Waals surface area (Å²) in [7, 11) is 0. The Morgan fingerprint density at radius 2 is 2.11 bits per heavy atom. The minimum absolute atomic E-state index is 0.174. The molecule has 1 aromatic carbocycles. The van der Waals surface area contributed by atoms with E-state index in [1.165, 1.54) is 4.90 Å². The molecule has 2 atom stereocenters. The third-order valence-electron chi connectivity index (χ3n) is 3.05. The van der Waals surface area contributed by atoms with Gasteiger partial charge in [-0.1, -0.05) is 26.0 Å². The molecule has 4 heteroatoms. The summed E-state index contributed by atoms with van der Waals surface area (Å²) >= 11 is 5.43. The quantitative estimate of drug-likeness (QED) is 0.696. The standard InChI is InChI=1S/C15H24BrNOS/c1-4-9-17-15(3,11-18)10-12(2)19-14-8-6-5-7-13(14)16/h5-8,12,17-18H,4,9-11H2,1-3H3. The van der Waals surface area contributed by atoms with Crippen molar-refractivity contribution < 1.29 is 5.11 Å². The number of thioether (sulfide) groups is 1. The van der Waals surface area contributed by atoms with Crippen LogP contribution in [0.1, 0.15) is 33.6 Å². The summed E-state index contributed by atoms with van der Waals surface area (Å²) < 4.78 is 1.14. The first-order valence-electron chi connectivity index (χ1n) is 6.78. The molecule has 0 radical (unpaired) electrons. The molecule has 0 saturated carbocycles. The maximum atomic E-state index is 9.60. The summed E-state index contributed by atoms with van der Waals surface area (Å²) in [5.74, 6) is 0. The van der Waals surface area contributed by atoms with E-state index in [-0.39, 0.29) is 12.1 Å². The number of benzene rings is 1. The molecule has 0 aliphatic heterocycles. The van der Waals surface area contributed by atoms with Crippen LogP contribution >= 0.6 is 27.7 Å². The van der Waals surface area contributed by atoms with Crippen molar-refractivity contribution in [3.8, 4) is 0 Å². The Morgan fingerprint density at radius 3 is 2.68 bits per heavy atom. The van der Waals surface area contributed by atoms with E-state index in [0.29, 0.717) is 5.25 Å². The molecular formula is C15H24BrNOS. The minimum Gasteiger partial charge on any atom is -0.394 e. The maximum Gasteiger partial charge on any atom is 0.0611 e. The average Bonchev–Trinajstić information content (AvgIpc) is 2.39. The second-order valence-electron chi connectivity index (χ2n) is 5.21. The van der Waals surface area contributed by atoms with Crippen molar-refractivity contribution in [1.29, 1.82) is 0 Å². The lowest BCUT2D eigenvalue weighted by molar-refractivity contribution is 0.166. The summed E-state index contributed by atoms with van der Waals surface area (Å²) in [6.45, 7) is 7.58. The Hall–Kier alpha value is -0.0300. The predicted molar refractivity (Wildman–Crippen MR) is 87.9 cm³/mol. The van der Waals surface area contributed by atoms with Crippen LogP contribution in [0.25, 0.3) is 0 Å². The molecule has 1 rings (SSSR count). The van der Waals surface area contributed by atoms with Crippen LogP contribution in [0.4, 0.5) is 0 Å². The molecule has 108 valence electrons. The van der Waals surface area contributed by atoms with E-state index < -0.39 is 0 Å². The van der Waals surface area contributed by atoms with Gasteiger partial charge < -0.3 is 10.4 Å². The van der Waals surface area contributed by atoms with Crippen molar-refractivity contribution in [2.24, 2.45) is 0 Å². The first kappa shape index (κ1) is 17.0. The van der Waals surface area contributed by atoms with Gasteiger partial charge in [-0.15, -0.1) is 11.8 Å². The summed E-state index contributed by atoms with van der Waals surface area (Å²) in [6.07, 6.45) is 2.02. The van der Waals surface area contributed by atoms with Crippen LogP contribution in [0.3, 0.4) is 0 Å². The van der Waals surface area contributed by atoms with Gasteiger partial charge in [-0.3, -0.25) is 0 Å². The zero-order valence-corrected chi connectivity index (χ0v) is 14.4. The first-order chi connectivity index (χ1) is 9.00. The van der Waals surface area contributed by atoms with Gasteiger partial charge in [0.2, 0.25) is 0 Å². The smallest absolute Gasteiger partial charge is 0.0611 e. The van der Waals surface area contributed by atoms with Crippen LogP contribution in [0.2, 0.25) is 0 Å². The third kappa shape index (κ3) is 5.86. The van der Waals surface area contributed by atoms with Crippen molar-refractivity contribution in [2.75, 3.05) is 13.2 Å². The van der Waals surface area contributed by atoms with E-state index in [2.05, 4.69) is 60.2 Å². The van der Waals surface area contributed by atoms with E-state index in [1.807, 2.05) is 17.8 Å². The molecule has 19 heavy (non-hydrogen) atoms.